The molecule has 5 nitrogen and oxygen atoms in total. The molecular weight excluding hydrogens is 326 g/mol. The number of nitrogens with one attached hydrogen (secondary N) is 2. The molecule has 0 saturated heterocycles. The van der Waals surface area contributed by atoms with Gasteiger partial charge in [0.1, 0.15) is 6.04 Å². The van der Waals surface area contributed by atoms with Gasteiger partial charge in [-0.3, -0.25) is 10.1 Å². The van der Waals surface area contributed by atoms with Crippen molar-refractivity contribution in [3.63, 3.8) is 0 Å². The highest BCUT2D eigenvalue weighted by atomic mass is 16.2. The van der Waals surface area contributed by atoms with Gasteiger partial charge in [0.25, 0.3) is 5.91 Å². The molecule has 5 heteroatoms. The fraction of sp³-hybridized carbons (Fsp3) is 0.333. The van der Waals surface area contributed by atoms with Crippen molar-refractivity contribution in [2.75, 3.05) is 6.54 Å². The highest BCUT2D eigenvalue weighted by Crippen LogP contribution is 2.19. The van der Waals surface area contributed by atoms with Crippen LogP contribution < -0.4 is 16.0 Å². The van der Waals surface area contributed by atoms with Crippen LogP contribution in [0.4, 0.5) is 4.79 Å². The molecule has 0 unspecified atom stereocenters. The molecule has 138 valence electrons. The van der Waals surface area contributed by atoms with E-state index in [2.05, 4.69) is 36.6 Å². The zero-order valence-corrected chi connectivity index (χ0v) is 15.6. The number of quaternary nitrogens is 1. The molecule has 0 heterocycles. The maximum absolute atomic E-state index is 12.8. The quantitative estimate of drug-likeness (QED) is 0.715. The Morgan fingerprint density at radius 2 is 1.46 bits per heavy atom. The van der Waals surface area contributed by atoms with Gasteiger partial charge >= 0.3 is 6.03 Å². The Morgan fingerprint density at radius 3 is 1.96 bits per heavy atom. The highest BCUT2D eigenvalue weighted by Gasteiger charge is 2.31. The molecule has 0 fully saturated rings. The Hall–Kier alpha value is -2.66. The second-order valence-electron chi connectivity index (χ2n) is 6.61. The van der Waals surface area contributed by atoms with Gasteiger partial charge in [0.05, 0.1) is 0 Å². The minimum Gasteiger partial charge on any atom is -0.338 e. The fourth-order valence-electron chi connectivity index (χ4n) is 3.01. The molecule has 0 aromatic heterocycles. The van der Waals surface area contributed by atoms with Crippen molar-refractivity contribution in [2.45, 2.75) is 32.9 Å². The summed E-state index contributed by atoms with van der Waals surface area (Å²) < 4.78 is 0. The number of nitrogens with two attached hydrogens (primary N) is 1. The highest BCUT2D eigenvalue weighted by molar-refractivity contribution is 5.96. The number of hydrogen-bond donors (Lipinski definition) is 3. The lowest BCUT2D eigenvalue weighted by molar-refractivity contribution is -0.728. The zero-order valence-electron chi connectivity index (χ0n) is 15.6. The molecule has 0 aliphatic heterocycles. The minimum absolute atomic E-state index is 0.0985. The van der Waals surface area contributed by atoms with Crippen LogP contribution in [0.1, 0.15) is 44.0 Å². The van der Waals surface area contributed by atoms with Crippen molar-refractivity contribution in [3.8, 4) is 0 Å². The van der Waals surface area contributed by atoms with Crippen LogP contribution in [0.2, 0.25) is 0 Å². The number of carbonyl (C=O) groups is 2. The van der Waals surface area contributed by atoms with E-state index in [-0.39, 0.29) is 11.9 Å². The minimum atomic E-state index is -0.508. The van der Waals surface area contributed by atoms with Gasteiger partial charge in [-0.1, -0.05) is 74.5 Å². The first kappa shape index (κ1) is 19.7. The summed E-state index contributed by atoms with van der Waals surface area (Å²) in [5, 5.41) is 7.11. The summed E-state index contributed by atoms with van der Waals surface area (Å²) in [5.74, 6) is 0.00427. The molecule has 0 saturated carbocycles. The summed E-state index contributed by atoms with van der Waals surface area (Å²) in [4.78, 5) is 24.6. The van der Waals surface area contributed by atoms with Crippen LogP contribution in [0, 0.1) is 5.92 Å². The monoisotopic (exact) mass is 354 g/mol. The average Bonchev–Trinajstić information content (AvgIpc) is 2.63. The third-order valence-electron chi connectivity index (χ3n) is 4.32. The molecule has 0 radical (unpaired) electrons. The van der Waals surface area contributed by atoms with E-state index in [0.29, 0.717) is 12.5 Å². The molecule has 0 aliphatic rings. The smallest absolute Gasteiger partial charge is 0.321 e. The summed E-state index contributed by atoms with van der Waals surface area (Å²) >= 11 is 0. The molecule has 0 spiro atoms. The van der Waals surface area contributed by atoms with Gasteiger partial charge in [0, 0.05) is 23.6 Å². The van der Waals surface area contributed by atoms with Crippen LogP contribution in [0.15, 0.2) is 60.7 Å². The molecule has 4 N–H and O–H groups in total. The van der Waals surface area contributed by atoms with Gasteiger partial charge in [-0.2, -0.15) is 0 Å². The first-order chi connectivity index (χ1) is 12.5. The van der Waals surface area contributed by atoms with Crippen molar-refractivity contribution in [3.05, 3.63) is 71.8 Å². The van der Waals surface area contributed by atoms with Crippen molar-refractivity contribution in [2.24, 2.45) is 5.92 Å². The van der Waals surface area contributed by atoms with E-state index in [9.17, 15) is 9.59 Å². The molecule has 3 amide bonds. The van der Waals surface area contributed by atoms with Crippen LogP contribution in [0.25, 0.3) is 0 Å². The standard InChI is InChI=1S/C21H27N3O2/c1-4-22-21(26)24-20(25)19(17-13-9-6-10-14-17)23-18(15(2)3)16-11-7-5-8-12-16/h5-15,18-19,23H,4H2,1-3H3,(H2,22,24,25,26)/p+1/t18-,19+/m0/s1. The van der Waals surface area contributed by atoms with Gasteiger partial charge in [0.2, 0.25) is 0 Å². The summed E-state index contributed by atoms with van der Waals surface area (Å²) in [6.45, 7) is 6.56. The Morgan fingerprint density at radius 1 is 0.923 bits per heavy atom. The summed E-state index contributed by atoms with van der Waals surface area (Å²) in [7, 11) is 0. The van der Waals surface area contributed by atoms with Gasteiger partial charge < -0.3 is 10.6 Å². The van der Waals surface area contributed by atoms with E-state index in [1.165, 1.54) is 0 Å². The van der Waals surface area contributed by atoms with Gasteiger partial charge in [0.15, 0.2) is 6.04 Å². The van der Waals surface area contributed by atoms with Crippen LogP contribution in [-0.4, -0.2) is 18.5 Å². The molecule has 2 atom stereocenters. The lowest BCUT2D eigenvalue weighted by atomic mass is 9.94. The summed E-state index contributed by atoms with van der Waals surface area (Å²) in [6.07, 6.45) is 0. The number of hydrogen-bond acceptors (Lipinski definition) is 2. The average molecular weight is 354 g/mol. The van der Waals surface area contributed by atoms with Crippen LogP contribution in [0.5, 0.6) is 0 Å². The van der Waals surface area contributed by atoms with Crippen LogP contribution in [0.3, 0.4) is 0 Å². The van der Waals surface area contributed by atoms with E-state index < -0.39 is 12.1 Å². The Balaban J connectivity index is 2.28. The second kappa shape index (κ2) is 9.73. The SMILES string of the molecule is CCNC(=O)NC(=O)[C@H]([NH2+][C@H](c1ccccc1)C(C)C)c1ccccc1. The molecule has 2 rings (SSSR count). The summed E-state index contributed by atoms with van der Waals surface area (Å²) in [5.41, 5.74) is 2.03. The van der Waals surface area contributed by atoms with Gasteiger partial charge in [-0.05, 0) is 6.92 Å². The Labute approximate surface area is 155 Å². The van der Waals surface area contributed by atoms with Crippen molar-refractivity contribution in [1.82, 2.24) is 10.6 Å². The fourth-order valence-corrected chi connectivity index (χ4v) is 3.01. The lowest BCUT2D eigenvalue weighted by Crippen LogP contribution is -2.89. The van der Waals surface area contributed by atoms with Crippen molar-refractivity contribution in [1.29, 1.82) is 0 Å². The third-order valence-corrected chi connectivity index (χ3v) is 4.32. The van der Waals surface area contributed by atoms with Gasteiger partial charge in [-0.25, -0.2) is 4.79 Å². The topological polar surface area (TPSA) is 74.8 Å². The number of carbonyl (C=O) groups excluding carboxylic acids is 2. The normalized spacial score (nSPS) is 13.1. The van der Waals surface area contributed by atoms with E-state index >= 15 is 0 Å². The van der Waals surface area contributed by atoms with Crippen molar-refractivity contribution >= 4 is 11.9 Å². The number of amides is 3. The molecular formula is C21H28N3O2+. The van der Waals surface area contributed by atoms with Crippen LogP contribution >= 0.6 is 0 Å². The maximum Gasteiger partial charge on any atom is 0.321 e. The Bertz CT molecular complexity index is 702. The first-order valence-electron chi connectivity index (χ1n) is 9.06. The van der Waals surface area contributed by atoms with E-state index in [1.54, 1.807) is 0 Å². The van der Waals surface area contributed by atoms with Crippen LogP contribution in [-0.2, 0) is 4.79 Å². The largest absolute Gasteiger partial charge is 0.338 e. The molecule has 0 bridgehead atoms. The predicted molar refractivity (Wildman–Crippen MR) is 102 cm³/mol. The zero-order chi connectivity index (χ0) is 18.9. The number of rotatable bonds is 7. The molecule has 0 aliphatic carbocycles. The predicted octanol–water partition coefficient (Wildman–Crippen LogP) is 2.53. The maximum atomic E-state index is 12.8. The molecule has 2 aromatic rings. The van der Waals surface area contributed by atoms with E-state index in [0.717, 1.165) is 11.1 Å². The van der Waals surface area contributed by atoms with Gasteiger partial charge in [-0.15, -0.1) is 0 Å². The number of benzene rings is 2. The second-order valence-corrected chi connectivity index (χ2v) is 6.61. The van der Waals surface area contributed by atoms with E-state index in [4.69, 9.17) is 0 Å². The Kier molecular flexibility index (Phi) is 7.36. The number of imide groups is 1. The third kappa shape index (κ3) is 5.43. The van der Waals surface area contributed by atoms with E-state index in [1.807, 2.05) is 60.8 Å². The lowest BCUT2D eigenvalue weighted by Gasteiger charge is -2.25. The summed E-state index contributed by atoms with van der Waals surface area (Å²) in [6, 6.07) is 18.8. The molecule has 2 aromatic carbocycles. The first-order valence-corrected chi connectivity index (χ1v) is 9.06. The molecule has 26 heavy (non-hydrogen) atoms. The number of urea groups is 1. The van der Waals surface area contributed by atoms with Crippen molar-refractivity contribution < 1.29 is 14.9 Å².